The van der Waals surface area contributed by atoms with E-state index in [1.54, 1.807) is 18.1 Å². The summed E-state index contributed by atoms with van der Waals surface area (Å²) in [5, 5.41) is 8.58. The second-order valence-electron chi connectivity index (χ2n) is 8.35. The maximum absolute atomic E-state index is 13.0. The fourth-order valence-corrected chi connectivity index (χ4v) is 4.49. The minimum absolute atomic E-state index is 0.0302. The number of ether oxygens (including phenoxy) is 1. The molecule has 3 heterocycles. The summed E-state index contributed by atoms with van der Waals surface area (Å²) in [4.78, 5) is 24.1. The third-order valence-electron chi connectivity index (χ3n) is 6.17. The van der Waals surface area contributed by atoms with Gasteiger partial charge in [-0.3, -0.25) is 14.4 Å². The van der Waals surface area contributed by atoms with E-state index < -0.39 is 0 Å². The molecule has 1 aliphatic heterocycles. The first-order valence-corrected chi connectivity index (χ1v) is 11.0. The molecule has 5 rings (SSSR count). The number of likely N-dealkylation sites (N-methyl/N-ethyl adjacent to an activating group) is 1. The van der Waals surface area contributed by atoms with Gasteiger partial charge in [0.1, 0.15) is 17.8 Å². The number of methoxy groups -OCH3 is 1. The zero-order valence-corrected chi connectivity index (χ0v) is 18.9. The van der Waals surface area contributed by atoms with E-state index in [4.69, 9.17) is 4.74 Å². The van der Waals surface area contributed by atoms with Crippen LogP contribution in [-0.4, -0.2) is 57.3 Å². The lowest BCUT2D eigenvalue weighted by molar-refractivity contribution is -0.119. The van der Waals surface area contributed by atoms with Gasteiger partial charge in [-0.25, -0.2) is 9.97 Å². The zero-order chi connectivity index (χ0) is 22.9. The van der Waals surface area contributed by atoms with Crippen LogP contribution in [-0.2, 0) is 11.8 Å². The molecule has 0 radical (unpaired) electrons. The molecular weight excluding hydrogens is 416 g/mol. The lowest BCUT2D eigenvalue weighted by Gasteiger charge is -2.20. The fraction of sp³-hybridized carbons (Fsp3) is 0.280. The third kappa shape index (κ3) is 3.93. The highest BCUT2D eigenvalue weighted by Gasteiger charge is 2.28. The molecule has 0 spiro atoms. The van der Waals surface area contributed by atoms with E-state index in [1.165, 1.54) is 0 Å². The van der Waals surface area contributed by atoms with Gasteiger partial charge in [0.2, 0.25) is 5.91 Å². The minimum Gasteiger partial charge on any atom is -0.494 e. The zero-order valence-electron chi connectivity index (χ0n) is 18.9. The number of benzene rings is 2. The van der Waals surface area contributed by atoms with Crippen molar-refractivity contribution in [1.82, 2.24) is 24.6 Å². The summed E-state index contributed by atoms with van der Waals surface area (Å²) >= 11 is 0. The van der Waals surface area contributed by atoms with Crippen molar-refractivity contribution in [2.75, 3.05) is 26.0 Å². The van der Waals surface area contributed by atoms with E-state index in [-0.39, 0.29) is 11.9 Å². The van der Waals surface area contributed by atoms with Gasteiger partial charge in [0.15, 0.2) is 0 Å². The number of aromatic nitrogens is 4. The third-order valence-corrected chi connectivity index (χ3v) is 6.17. The van der Waals surface area contributed by atoms with Gasteiger partial charge >= 0.3 is 0 Å². The number of anilines is 1. The molecular formula is C25H26N6O2. The predicted molar refractivity (Wildman–Crippen MR) is 128 cm³/mol. The molecule has 2 aromatic carbocycles. The van der Waals surface area contributed by atoms with Gasteiger partial charge in [0, 0.05) is 35.8 Å². The van der Waals surface area contributed by atoms with E-state index in [2.05, 4.69) is 25.3 Å². The molecule has 168 valence electrons. The van der Waals surface area contributed by atoms with Crippen LogP contribution in [0.3, 0.4) is 0 Å². The van der Waals surface area contributed by atoms with Crippen LogP contribution >= 0.6 is 0 Å². The van der Waals surface area contributed by atoms with Crippen LogP contribution in [0.1, 0.15) is 12.8 Å². The van der Waals surface area contributed by atoms with Gasteiger partial charge in [-0.1, -0.05) is 30.3 Å². The second-order valence-corrected chi connectivity index (χ2v) is 8.35. The highest BCUT2D eigenvalue weighted by Crippen LogP contribution is 2.37. The number of hydrogen-bond donors (Lipinski definition) is 1. The Labute approximate surface area is 192 Å². The molecule has 4 aromatic rings. The monoisotopic (exact) mass is 442 g/mol. The maximum atomic E-state index is 13.0. The van der Waals surface area contributed by atoms with Gasteiger partial charge in [0.25, 0.3) is 0 Å². The number of aryl methyl sites for hydroxylation is 1. The lowest BCUT2D eigenvalue weighted by atomic mass is 10.0. The van der Waals surface area contributed by atoms with E-state index >= 15 is 0 Å². The number of amides is 1. The Morgan fingerprint density at radius 1 is 1.12 bits per heavy atom. The second kappa shape index (κ2) is 8.63. The summed E-state index contributed by atoms with van der Waals surface area (Å²) in [6, 6.07) is 13.6. The molecule has 1 unspecified atom stereocenters. The molecule has 0 saturated carbocycles. The van der Waals surface area contributed by atoms with Crippen LogP contribution in [0, 0.1) is 0 Å². The first-order chi connectivity index (χ1) is 16.0. The van der Waals surface area contributed by atoms with Crippen molar-refractivity contribution in [1.29, 1.82) is 0 Å². The number of hydrogen-bond acceptors (Lipinski definition) is 6. The van der Waals surface area contributed by atoms with Crippen LogP contribution in [0.2, 0.25) is 0 Å². The van der Waals surface area contributed by atoms with Crippen molar-refractivity contribution in [2.45, 2.75) is 18.9 Å². The number of carbonyl (C=O) groups is 1. The summed E-state index contributed by atoms with van der Waals surface area (Å²) in [7, 11) is 5.47. The first kappa shape index (κ1) is 21.1. The van der Waals surface area contributed by atoms with E-state index in [0.29, 0.717) is 11.4 Å². The number of likely N-dealkylation sites (tertiary alicyclic amines) is 1. The molecule has 1 amide bonds. The Morgan fingerprint density at radius 3 is 2.67 bits per heavy atom. The van der Waals surface area contributed by atoms with Gasteiger partial charge < -0.3 is 10.1 Å². The normalized spacial score (nSPS) is 16.3. The van der Waals surface area contributed by atoms with Crippen LogP contribution < -0.4 is 10.1 Å². The molecule has 1 aliphatic rings. The molecule has 0 aliphatic carbocycles. The molecule has 1 saturated heterocycles. The maximum Gasteiger partial charge on any atom is 0.241 e. The molecule has 1 N–H and O–H groups in total. The Bertz CT molecular complexity index is 1320. The van der Waals surface area contributed by atoms with Crippen LogP contribution in [0.4, 0.5) is 5.69 Å². The summed E-state index contributed by atoms with van der Waals surface area (Å²) in [6.45, 7) is 0.925. The number of rotatable bonds is 5. The van der Waals surface area contributed by atoms with Crippen LogP contribution in [0.15, 0.2) is 55.0 Å². The number of carbonyl (C=O) groups excluding carboxylic acids is 1. The average molecular weight is 443 g/mol. The Kier molecular flexibility index (Phi) is 5.51. The van der Waals surface area contributed by atoms with Crippen molar-refractivity contribution in [3.8, 4) is 28.3 Å². The van der Waals surface area contributed by atoms with Gasteiger partial charge in [0.05, 0.1) is 30.0 Å². The van der Waals surface area contributed by atoms with Crippen molar-refractivity contribution in [2.24, 2.45) is 7.05 Å². The lowest BCUT2D eigenvalue weighted by Crippen LogP contribution is -2.37. The molecule has 0 bridgehead atoms. The molecule has 33 heavy (non-hydrogen) atoms. The van der Waals surface area contributed by atoms with Crippen molar-refractivity contribution >= 4 is 22.5 Å². The fourth-order valence-electron chi connectivity index (χ4n) is 4.49. The Balaban J connectivity index is 1.62. The number of nitrogens with one attached hydrogen (secondary N) is 1. The molecule has 8 nitrogen and oxygen atoms in total. The largest absolute Gasteiger partial charge is 0.494 e. The molecule has 8 heteroatoms. The van der Waals surface area contributed by atoms with Gasteiger partial charge in [-0.05, 0) is 32.5 Å². The molecule has 2 aromatic heterocycles. The minimum atomic E-state index is -0.139. The van der Waals surface area contributed by atoms with Crippen molar-refractivity contribution in [3.05, 3.63) is 55.0 Å². The van der Waals surface area contributed by atoms with E-state index in [0.717, 1.165) is 52.8 Å². The Morgan fingerprint density at radius 2 is 1.94 bits per heavy atom. The summed E-state index contributed by atoms with van der Waals surface area (Å²) in [5.74, 6) is 0.535. The van der Waals surface area contributed by atoms with Gasteiger partial charge in [-0.2, -0.15) is 5.10 Å². The number of nitrogens with zero attached hydrogens (tertiary/aromatic N) is 5. The van der Waals surface area contributed by atoms with Crippen LogP contribution in [0.25, 0.3) is 33.4 Å². The van der Waals surface area contributed by atoms with Crippen LogP contribution in [0.5, 0.6) is 5.75 Å². The average Bonchev–Trinajstić information content (AvgIpc) is 3.44. The van der Waals surface area contributed by atoms with Crippen molar-refractivity contribution in [3.63, 3.8) is 0 Å². The summed E-state index contributed by atoms with van der Waals surface area (Å²) in [5.41, 5.74) is 4.84. The SMILES string of the molecule is COc1cc2ncnc(-c3cn(C)nc3-c3ccccc3)c2cc1NC(=O)C1CCCN1C. The standard InChI is InChI=1S/C25H26N6O2/c1-30-11-7-10-21(30)25(32)28-20-12-17-19(13-22(20)33-3)26-15-27-24(17)18-14-31(2)29-23(18)16-8-5-4-6-9-16/h4-6,8-9,12-15,21H,7,10-11H2,1-3H3,(H,28,32). The highest BCUT2D eigenvalue weighted by molar-refractivity contribution is 6.02. The van der Waals surface area contributed by atoms with Gasteiger partial charge in [-0.15, -0.1) is 0 Å². The highest BCUT2D eigenvalue weighted by atomic mass is 16.5. The number of fused-ring (bicyclic) bond motifs is 1. The first-order valence-electron chi connectivity index (χ1n) is 11.0. The molecule has 1 atom stereocenters. The van der Waals surface area contributed by atoms with E-state index in [1.807, 2.05) is 62.8 Å². The van der Waals surface area contributed by atoms with E-state index in [9.17, 15) is 4.79 Å². The smallest absolute Gasteiger partial charge is 0.241 e. The predicted octanol–water partition coefficient (Wildman–Crippen LogP) is 3.74. The summed E-state index contributed by atoms with van der Waals surface area (Å²) in [6.07, 6.45) is 5.37. The quantitative estimate of drug-likeness (QED) is 0.507. The van der Waals surface area contributed by atoms with Crippen molar-refractivity contribution < 1.29 is 9.53 Å². The topological polar surface area (TPSA) is 85.2 Å². The Hall–Kier alpha value is -3.78. The summed E-state index contributed by atoms with van der Waals surface area (Å²) < 4.78 is 7.37. The molecule has 1 fully saturated rings.